The number of aromatic nitrogens is 2. The lowest BCUT2D eigenvalue weighted by Crippen LogP contribution is -2.08. The Morgan fingerprint density at radius 2 is 1.46 bits per heavy atom. The molecule has 10 heteroatoms. The van der Waals surface area contributed by atoms with Gasteiger partial charge in [0.2, 0.25) is 5.88 Å². The van der Waals surface area contributed by atoms with Gasteiger partial charge in [0.15, 0.2) is 0 Å². The molecule has 0 fully saturated rings. The van der Waals surface area contributed by atoms with Gasteiger partial charge in [-0.2, -0.15) is 0 Å². The molecule has 0 bridgehead atoms. The van der Waals surface area contributed by atoms with E-state index in [-0.39, 0.29) is 23.8 Å². The molecular weight excluding hydrogens is 472 g/mol. The average Bonchev–Trinajstić information content (AvgIpc) is 2.51. The van der Waals surface area contributed by atoms with Crippen LogP contribution in [0.2, 0.25) is 0 Å². The Kier molecular flexibility index (Phi) is 8.73. The summed E-state index contributed by atoms with van der Waals surface area (Å²) in [5.74, 6) is 0.543. The normalized spacial score (nSPS) is 10.3. The van der Waals surface area contributed by atoms with Crippen molar-refractivity contribution in [3.63, 3.8) is 0 Å². The fourth-order valence-electron chi connectivity index (χ4n) is 1.63. The summed E-state index contributed by atoms with van der Waals surface area (Å²) >= 11 is 6.37. The number of hydrogen-bond donors (Lipinski definition) is 1. The highest BCUT2D eigenvalue weighted by atomic mass is 79.9. The summed E-state index contributed by atoms with van der Waals surface area (Å²) in [6.07, 6.45) is 3.09. The number of nitrogen functional groups attached to an aromatic ring is 1. The maximum absolute atomic E-state index is 10.6. The van der Waals surface area contributed by atoms with Crippen LogP contribution in [0.4, 0.5) is 11.4 Å². The molecule has 0 radical (unpaired) electrons. The van der Waals surface area contributed by atoms with E-state index in [9.17, 15) is 10.1 Å². The number of nitrogens with two attached hydrogens (primary N) is 1. The lowest BCUT2D eigenvalue weighted by Gasteiger charge is -2.10. The van der Waals surface area contributed by atoms with E-state index in [4.69, 9.17) is 15.2 Å². The zero-order chi connectivity index (χ0) is 19.9. The Bertz CT molecular complexity index is 757. The van der Waals surface area contributed by atoms with Crippen LogP contribution in [0.3, 0.4) is 0 Å². The Hall–Kier alpha value is -1.94. The first kappa shape index (κ1) is 22.1. The molecule has 0 aliphatic heterocycles. The van der Waals surface area contributed by atoms with Crippen molar-refractivity contribution in [2.75, 3.05) is 5.73 Å². The second-order valence-electron chi connectivity index (χ2n) is 5.62. The highest BCUT2D eigenvalue weighted by Crippen LogP contribution is 2.27. The lowest BCUT2D eigenvalue weighted by molar-refractivity contribution is -0.386. The van der Waals surface area contributed by atoms with E-state index in [1.165, 1.54) is 12.3 Å². The highest BCUT2D eigenvalue weighted by molar-refractivity contribution is 9.10. The Morgan fingerprint density at radius 3 is 1.92 bits per heavy atom. The first-order valence-corrected chi connectivity index (χ1v) is 9.23. The fourth-order valence-corrected chi connectivity index (χ4v) is 2.29. The summed E-state index contributed by atoms with van der Waals surface area (Å²) in [5.41, 5.74) is 6.07. The largest absolute Gasteiger partial charge is 0.473 e. The maximum Gasteiger partial charge on any atom is 0.332 e. The van der Waals surface area contributed by atoms with E-state index in [0.29, 0.717) is 16.0 Å². The highest BCUT2D eigenvalue weighted by Gasteiger charge is 2.18. The third-order valence-corrected chi connectivity index (χ3v) is 3.40. The Labute approximate surface area is 168 Å². The molecular formula is C16H20Br2N4O4. The van der Waals surface area contributed by atoms with Crippen molar-refractivity contribution < 1.29 is 14.4 Å². The summed E-state index contributed by atoms with van der Waals surface area (Å²) < 4.78 is 11.9. The van der Waals surface area contributed by atoms with Crippen molar-refractivity contribution in [2.45, 2.75) is 39.9 Å². The molecule has 0 unspecified atom stereocenters. The predicted molar refractivity (Wildman–Crippen MR) is 106 cm³/mol. The minimum absolute atomic E-state index is 0.0493. The van der Waals surface area contributed by atoms with Gasteiger partial charge < -0.3 is 15.2 Å². The third kappa shape index (κ3) is 7.52. The Balaban J connectivity index is 0.000000263. The van der Waals surface area contributed by atoms with Crippen LogP contribution in [0, 0.1) is 10.1 Å². The summed E-state index contributed by atoms with van der Waals surface area (Å²) in [7, 11) is 0. The van der Waals surface area contributed by atoms with E-state index in [0.717, 1.165) is 4.47 Å². The van der Waals surface area contributed by atoms with Crippen LogP contribution in [0.15, 0.2) is 33.5 Å². The number of halogens is 2. The van der Waals surface area contributed by atoms with Gasteiger partial charge in [0.25, 0.3) is 5.88 Å². The number of rotatable bonds is 5. The molecule has 0 saturated carbocycles. The van der Waals surface area contributed by atoms with Gasteiger partial charge >= 0.3 is 5.69 Å². The maximum atomic E-state index is 10.6. The molecule has 142 valence electrons. The minimum atomic E-state index is -0.518. The molecule has 26 heavy (non-hydrogen) atoms. The molecule has 2 rings (SSSR count). The topological polar surface area (TPSA) is 113 Å². The summed E-state index contributed by atoms with van der Waals surface area (Å²) in [6, 6.07) is 3.13. The molecule has 0 saturated heterocycles. The minimum Gasteiger partial charge on any atom is -0.473 e. The number of pyridine rings is 2. The van der Waals surface area contributed by atoms with Gasteiger partial charge in [-0.15, -0.1) is 0 Å². The SMILES string of the molecule is CC(C)Oc1ncc(Br)cc1N.CC(C)Oc1ncc(Br)cc1[N+](=O)[O-]. The van der Waals surface area contributed by atoms with Crippen molar-refractivity contribution in [2.24, 2.45) is 0 Å². The number of nitro groups is 1. The van der Waals surface area contributed by atoms with Gasteiger partial charge in [-0.05, 0) is 65.6 Å². The molecule has 2 N–H and O–H groups in total. The molecule has 0 amide bonds. The van der Waals surface area contributed by atoms with Crippen LogP contribution in [0.25, 0.3) is 0 Å². The number of nitrogens with zero attached hydrogens (tertiary/aromatic N) is 3. The monoisotopic (exact) mass is 490 g/mol. The second kappa shape index (κ2) is 10.3. The van der Waals surface area contributed by atoms with Crippen molar-refractivity contribution in [3.05, 3.63) is 43.6 Å². The molecule has 0 aliphatic rings. The standard InChI is InChI=1S/C8H9BrN2O3.C8H11BrN2O/c1-5(2)14-8-7(11(12)13)3-6(9)4-10-8;1-5(2)12-8-7(10)3-6(9)4-11-8/h3-5H,1-2H3;3-5H,10H2,1-2H3. The number of hydrogen-bond acceptors (Lipinski definition) is 7. The zero-order valence-electron chi connectivity index (χ0n) is 14.8. The summed E-state index contributed by atoms with van der Waals surface area (Å²) in [6.45, 7) is 7.44. The van der Waals surface area contributed by atoms with Crippen LogP contribution >= 0.6 is 31.9 Å². The average molecular weight is 492 g/mol. The molecule has 0 atom stereocenters. The number of anilines is 1. The van der Waals surface area contributed by atoms with Gasteiger partial charge in [-0.25, -0.2) is 9.97 Å². The van der Waals surface area contributed by atoms with Gasteiger partial charge in [-0.3, -0.25) is 10.1 Å². The van der Waals surface area contributed by atoms with Crippen LogP contribution in [0.1, 0.15) is 27.7 Å². The first-order valence-electron chi connectivity index (χ1n) is 7.64. The van der Waals surface area contributed by atoms with E-state index in [2.05, 4.69) is 41.8 Å². The van der Waals surface area contributed by atoms with Gasteiger partial charge in [-0.1, -0.05) is 0 Å². The van der Waals surface area contributed by atoms with Crippen molar-refractivity contribution in [3.8, 4) is 11.8 Å². The third-order valence-electron chi connectivity index (χ3n) is 2.54. The second-order valence-corrected chi connectivity index (χ2v) is 7.45. The molecule has 2 aromatic rings. The first-order chi connectivity index (χ1) is 12.1. The van der Waals surface area contributed by atoms with Crippen LogP contribution in [0.5, 0.6) is 11.8 Å². The fraction of sp³-hybridized carbons (Fsp3) is 0.375. The van der Waals surface area contributed by atoms with E-state index in [1.807, 2.05) is 13.8 Å². The summed E-state index contributed by atoms with van der Waals surface area (Å²) in [4.78, 5) is 18.0. The van der Waals surface area contributed by atoms with Crippen LogP contribution < -0.4 is 15.2 Å². The van der Waals surface area contributed by atoms with Crippen LogP contribution in [-0.2, 0) is 0 Å². The molecule has 2 aromatic heterocycles. The Morgan fingerprint density at radius 1 is 1.00 bits per heavy atom. The van der Waals surface area contributed by atoms with Crippen molar-refractivity contribution in [1.82, 2.24) is 9.97 Å². The molecule has 8 nitrogen and oxygen atoms in total. The van der Waals surface area contributed by atoms with Gasteiger partial charge in [0.05, 0.1) is 22.8 Å². The van der Waals surface area contributed by atoms with Gasteiger partial charge in [0.1, 0.15) is 0 Å². The molecule has 0 aromatic carbocycles. The predicted octanol–water partition coefficient (Wildman–Crippen LogP) is 4.75. The molecule has 0 spiro atoms. The van der Waals surface area contributed by atoms with Crippen molar-refractivity contribution in [1.29, 1.82) is 0 Å². The molecule has 0 aliphatic carbocycles. The van der Waals surface area contributed by atoms with Crippen LogP contribution in [-0.4, -0.2) is 27.1 Å². The molecule has 2 heterocycles. The van der Waals surface area contributed by atoms with E-state index < -0.39 is 4.92 Å². The van der Waals surface area contributed by atoms with Gasteiger partial charge in [0, 0.05) is 27.4 Å². The van der Waals surface area contributed by atoms with E-state index >= 15 is 0 Å². The van der Waals surface area contributed by atoms with E-state index in [1.54, 1.807) is 26.1 Å². The summed E-state index contributed by atoms with van der Waals surface area (Å²) in [5, 5.41) is 10.6. The zero-order valence-corrected chi connectivity index (χ0v) is 17.9. The van der Waals surface area contributed by atoms with Crippen molar-refractivity contribution >= 4 is 43.2 Å². The number of ether oxygens (including phenoxy) is 2. The lowest BCUT2D eigenvalue weighted by atomic mass is 10.4. The quantitative estimate of drug-likeness (QED) is 0.473. The smallest absolute Gasteiger partial charge is 0.332 e.